The van der Waals surface area contributed by atoms with E-state index in [4.69, 9.17) is 10.00 Å². The van der Waals surface area contributed by atoms with Crippen molar-refractivity contribution in [3.8, 4) is 6.07 Å². The van der Waals surface area contributed by atoms with Gasteiger partial charge < -0.3 is 20.1 Å². The summed E-state index contributed by atoms with van der Waals surface area (Å²) in [4.78, 5) is 35.0. The van der Waals surface area contributed by atoms with Crippen LogP contribution >= 0.6 is 0 Å². The van der Waals surface area contributed by atoms with Crippen LogP contribution in [0.15, 0.2) is 30.3 Å². The molecule has 0 spiro atoms. The molecule has 2 amide bonds. The van der Waals surface area contributed by atoms with Crippen molar-refractivity contribution < 1.29 is 23.9 Å². The van der Waals surface area contributed by atoms with E-state index in [-0.39, 0.29) is 26.0 Å². The standard InChI is InChI=1S/C17H21N3O5/c1-24-15(21)9-5-8-14(16(22)19-11-10-18)20-17(23)25-12-13-6-3-2-4-7-13/h2-4,6-7,14H,5,8-9,11-12H2,1H3,(H,19,22)(H,20,23). The van der Waals surface area contributed by atoms with E-state index < -0.39 is 24.0 Å². The smallest absolute Gasteiger partial charge is 0.408 e. The highest BCUT2D eigenvalue weighted by atomic mass is 16.5. The van der Waals surface area contributed by atoms with Gasteiger partial charge in [-0.05, 0) is 18.4 Å². The van der Waals surface area contributed by atoms with Crippen LogP contribution in [0.4, 0.5) is 4.79 Å². The quantitative estimate of drug-likeness (QED) is 0.513. The predicted molar refractivity (Wildman–Crippen MR) is 88.0 cm³/mol. The van der Waals surface area contributed by atoms with Gasteiger partial charge in [0.15, 0.2) is 0 Å². The maximum absolute atomic E-state index is 12.0. The Labute approximate surface area is 146 Å². The van der Waals surface area contributed by atoms with Crippen LogP contribution in [-0.4, -0.2) is 37.7 Å². The van der Waals surface area contributed by atoms with Gasteiger partial charge in [0.2, 0.25) is 5.91 Å². The molecule has 0 bridgehead atoms. The minimum Gasteiger partial charge on any atom is -0.469 e. The molecule has 0 aliphatic rings. The summed E-state index contributed by atoms with van der Waals surface area (Å²) in [6.45, 7) is -0.103. The van der Waals surface area contributed by atoms with Crippen LogP contribution in [0.25, 0.3) is 0 Å². The SMILES string of the molecule is COC(=O)CCCC(NC(=O)OCc1ccccc1)C(=O)NCC#N. The molecule has 8 heteroatoms. The number of nitrogens with one attached hydrogen (secondary N) is 2. The van der Waals surface area contributed by atoms with Crippen LogP contribution in [0.3, 0.4) is 0 Å². The molecule has 1 rings (SSSR count). The number of hydrogen-bond donors (Lipinski definition) is 2. The molecule has 1 aromatic rings. The van der Waals surface area contributed by atoms with Gasteiger partial charge >= 0.3 is 12.1 Å². The zero-order valence-electron chi connectivity index (χ0n) is 14.0. The van der Waals surface area contributed by atoms with Gasteiger partial charge in [-0.15, -0.1) is 0 Å². The highest BCUT2D eigenvalue weighted by Gasteiger charge is 2.21. The molecule has 1 aromatic carbocycles. The monoisotopic (exact) mass is 347 g/mol. The van der Waals surface area contributed by atoms with Crippen LogP contribution in [-0.2, 0) is 25.7 Å². The molecule has 0 radical (unpaired) electrons. The van der Waals surface area contributed by atoms with E-state index in [1.165, 1.54) is 7.11 Å². The number of amides is 2. The summed E-state index contributed by atoms with van der Waals surface area (Å²) in [5.74, 6) is -0.911. The Kier molecular flexibility index (Phi) is 9.15. The van der Waals surface area contributed by atoms with Crippen molar-refractivity contribution in [3.63, 3.8) is 0 Å². The van der Waals surface area contributed by atoms with Crippen molar-refractivity contribution >= 4 is 18.0 Å². The molecular formula is C17H21N3O5. The van der Waals surface area contributed by atoms with E-state index in [2.05, 4.69) is 15.4 Å². The van der Waals surface area contributed by atoms with Gasteiger partial charge in [0.25, 0.3) is 0 Å². The van der Waals surface area contributed by atoms with Crippen LogP contribution in [0.1, 0.15) is 24.8 Å². The minimum atomic E-state index is -0.902. The van der Waals surface area contributed by atoms with Crippen LogP contribution in [0.2, 0.25) is 0 Å². The third-order valence-electron chi connectivity index (χ3n) is 3.26. The molecule has 0 saturated heterocycles. The van der Waals surface area contributed by atoms with E-state index in [1.54, 1.807) is 18.2 Å². The number of nitrogens with zero attached hydrogens (tertiary/aromatic N) is 1. The second-order valence-electron chi connectivity index (χ2n) is 5.10. The zero-order valence-corrected chi connectivity index (χ0v) is 14.0. The summed E-state index contributed by atoms with van der Waals surface area (Å²) in [7, 11) is 1.28. The van der Waals surface area contributed by atoms with Crippen molar-refractivity contribution in [1.29, 1.82) is 5.26 Å². The van der Waals surface area contributed by atoms with E-state index >= 15 is 0 Å². The van der Waals surface area contributed by atoms with Crippen LogP contribution in [0.5, 0.6) is 0 Å². The second-order valence-corrected chi connectivity index (χ2v) is 5.10. The zero-order chi connectivity index (χ0) is 18.5. The maximum atomic E-state index is 12.0. The number of benzene rings is 1. The van der Waals surface area contributed by atoms with Gasteiger partial charge in [0, 0.05) is 6.42 Å². The fourth-order valence-corrected chi connectivity index (χ4v) is 1.98. The molecular weight excluding hydrogens is 326 g/mol. The number of methoxy groups -OCH3 is 1. The average molecular weight is 347 g/mol. The largest absolute Gasteiger partial charge is 0.469 e. The summed E-state index contributed by atoms with van der Waals surface area (Å²) in [5, 5.41) is 13.4. The lowest BCUT2D eigenvalue weighted by molar-refractivity contribution is -0.140. The van der Waals surface area contributed by atoms with E-state index in [0.29, 0.717) is 6.42 Å². The van der Waals surface area contributed by atoms with E-state index in [0.717, 1.165) is 5.56 Å². The summed E-state index contributed by atoms with van der Waals surface area (Å²) in [5.41, 5.74) is 0.814. The minimum absolute atomic E-state index is 0.0708. The van der Waals surface area contributed by atoms with Crippen molar-refractivity contribution in [2.75, 3.05) is 13.7 Å². The summed E-state index contributed by atoms with van der Waals surface area (Å²) in [6.07, 6.45) is -0.0680. The lowest BCUT2D eigenvalue weighted by Gasteiger charge is -2.17. The first-order valence-electron chi connectivity index (χ1n) is 7.75. The molecule has 0 aromatic heterocycles. The van der Waals surface area contributed by atoms with Crippen molar-refractivity contribution in [2.24, 2.45) is 0 Å². The molecule has 0 aliphatic carbocycles. The van der Waals surface area contributed by atoms with Crippen molar-refractivity contribution in [2.45, 2.75) is 31.9 Å². The van der Waals surface area contributed by atoms with Gasteiger partial charge in [0.05, 0.1) is 13.2 Å². The number of alkyl carbamates (subject to hydrolysis) is 1. The number of rotatable bonds is 9. The van der Waals surface area contributed by atoms with E-state index in [9.17, 15) is 14.4 Å². The van der Waals surface area contributed by atoms with Crippen molar-refractivity contribution in [1.82, 2.24) is 10.6 Å². The van der Waals surface area contributed by atoms with Gasteiger partial charge in [-0.3, -0.25) is 9.59 Å². The Balaban J connectivity index is 2.52. The highest BCUT2D eigenvalue weighted by Crippen LogP contribution is 2.05. The number of esters is 1. The topological polar surface area (TPSA) is 118 Å². The molecule has 0 heterocycles. The third kappa shape index (κ3) is 8.37. The Bertz CT molecular complexity index is 612. The second kappa shape index (κ2) is 11.5. The van der Waals surface area contributed by atoms with Gasteiger partial charge in [0.1, 0.15) is 19.2 Å². The fourth-order valence-electron chi connectivity index (χ4n) is 1.98. The Morgan fingerprint density at radius 1 is 1.24 bits per heavy atom. The normalized spacial score (nSPS) is 10.9. The molecule has 0 fully saturated rings. The summed E-state index contributed by atoms with van der Waals surface area (Å²) in [6, 6.07) is 9.99. The molecule has 2 N–H and O–H groups in total. The first kappa shape index (κ1) is 20.0. The first-order chi connectivity index (χ1) is 12.1. The first-order valence-corrected chi connectivity index (χ1v) is 7.75. The fraction of sp³-hybridized carbons (Fsp3) is 0.412. The van der Waals surface area contributed by atoms with Gasteiger partial charge in [-0.1, -0.05) is 30.3 Å². The molecule has 25 heavy (non-hydrogen) atoms. The number of carbonyl (C=O) groups is 3. The number of ether oxygens (including phenoxy) is 2. The Morgan fingerprint density at radius 2 is 1.96 bits per heavy atom. The molecule has 134 valence electrons. The van der Waals surface area contributed by atoms with Gasteiger partial charge in [-0.25, -0.2) is 4.79 Å². The van der Waals surface area contributed by atoms with Crippen LogP contribution in [0, 0.1) is 11.3 Å². The lowest BCUT2D eigenvalue weighted by atomic mass is 10.1. The highest BCUT2D eigenvalue weighted by molar-refractivity contribution is 5.85. The van der Waals surface area contributed by atoms with E-state index in [1.807, 2.05) is 18.2 Å². The summed E-state index contributed by atoms with van der Waals surface area (Å²) < 4.78 is 9.61. The Morgan fingerprint density at radius 3 is 2.60 bits per heavy atom. The molecule has 1 unspecified atom stereocenters. The molecule has 0 aliphatic heterocycles. The average Bonchev–Trinajstić information content (AvgIpc) is 2.64. The lowest BCUT2D eigenvalue weighted by Crippen LogP contribution is -2.47. The number of nitriles is 1. The van der Waals surface area contributed by atoms with Gasteiger partial charge in [-0.2, -0.15) is 5.26 Å². The predicted octanol–water partition coefficient (Wildman–Crippen LogP) is 1.26. The maximum Gasteiger partial charge on any atom is 0.408 e. The molecule has 0 saturated carbocycles. The number of carbonyl (C=O) groups excluding carboxylic acids is 3. The van der Waals surface area contributed by atoms with Crippen LogP contribution < -0.4 is 10.6 Å². The summed E-state index contributed by atoms with van der Waals surface area (Å²) >= 11 is 0. The molecule has 8 nitrogen and oxygen atoms in total. The molecule has 1 atom stereocenters. The third-order valence-corrected chi connectivity index (χ3v) is 3.26. The Hall–Kier alpha value is -3.08. The number of hydrogen-bond acceptors (Lipinski definition) is 6. The van der Waals surface area contributed by atoms with Crippen molar-refractivity contribution in [3.05, 3.63) is 35.9 Å².